The highest BCUT2D eigenvalue weighted by atomic mass is 16.6. The third-order valence-corrected chi connectivity index (χ3v) is 1.97. The molecule has 1 rings (SSSR count). The van der Waals surface area contributed by atoms with Crippen molar-refractivity contribution >= 4 is 12.0 Å². The van der Waals surface area contributed by atoms with Crippen molar-refractivity contribution in [3.63, 3.8) is 0 Å². The second kappa shape index (κ2) is 3.61. The molecule has 0 aromatic heterocycles. The van der Waals surface area contributed by atoms with E-state index in [-0.39, 0.29) is 12.6 Å². The molecular formula is C7H13N3O3. The fraction of sp³-hybridized carbons (Fsp3) is 0.714. The molecule has 6 nitrogen and oxygen atoms in total. The molecule has 6 heteroatoms. The lowest BCUT2D eigenvalue weighted by molar-refractivity contribution is -0.119. The van der Waals surface area contributed by atoms with Crippen LogP contribution in [-0.2, 0) is 9.53 Å². The topological polar surface area (TPSA) is 98.7 Å². The van der Waals surface area contributed by atoms with Crippen LogP contribution in [-0.4, -0.2) is 42.1 Å². The largest absolute Gasteiger partial charge is 0.447 e. The van der Waals surface area contributed by atoms with Crippen LogP contribution in [0.2, 0.25) is 0 Å². The summed E-state index contributed by atoms with van der Waals surface area (Å²) < 4.78 is 4.74. The highest BCUT2D eigenvalue weighted by Crippen LogP contribution is 2.11. The van der Waals surface area contributed by atoms with Gasteiger partial charge in [0, 0.05) is 6.54 Å². The van der Waals surface area contributed by atoms with Crippen molar-refractivity contribution in [1.82, 2.24) is 4.90 Å². The van der Waals surface area contributed by atoms with Crippen LogP contribution in [0.25, 0.3) is 0 Å². The molecule has 0 aliphatic carbocycles. The highest BCUT2D eigenvalue weighted by molar-refractivity contribution is 5.80. The van der Waals surface area contributed by atoms with Gasteiger partial charge in [0.05, 0.1) is 6.04 Å². The van der Waals surface area contributed by atoms with Gasteiger partial charge in [-0.25, -0.2) is 4.79 Å². The Balaban J connectivity index is 2.52. The Morgan fingerprint density at radius 2 is 2.46 bits per heavy atom. The molecule has 2 amide bonds. The molecule has 1 aliphatic rings. The van der Waals surface area contributed by atoms with Crippen LogP contribution in [0, 0.1) is 0 Å². The van der Waals surface area contributed by atoms with Gasteiger partial charge in [-0.15, -0.1) is 0 Å². The lowest BCUT2D eigenvalue weighted by Crippen LogP contribution is -2.48. The molecule has 1 heterocycles. The minimum absolute atomic E-state index is 0.0436. The number of rotatable bonds is 3. The normalized spacial score (nSPS) is 24.3. The van der Waals surface area contributed by atoms with Gasteiger partial charge in [0.15, 0.2) is 0 Å². The SMILES string of the molecule is CC1COC(=O)N1CC(N)C(N)=O. The van der Waals surface area contributed by atoms with Gasteiger partial charge in [-0.3, -0.25) is 9.69 Å². The number of nitrogens with zero attached hydrogens (tertiary/aromatic N) is 1. The highest BCUT2D eigenvalue weighted by Gasteiger charge is 2.31. The summed E-state index contributed by atoms with van der Waals surface area (Å²) in [4.78, 5) is 23.1. The number of cyclic esters (lactones) is 1. The molecule has 0 aromatic carbocycles. The van der Waals surface area contributed by atoms with Gasteiger partial charge in [0.2, 0.25) is 5.91 Å². The van der Waals surface area contributed by atoms with E-state index >= 15 is 0 Å². The number of hydrogen-bond donors (Lipinski definition) is 2. The van der Waals surface area contributed by atoms with Gasteiger partial charge in [-0.1, -0.05) is 0 Å². The molecule has 0 radical (unpaired) electrons. The molecule has 0 aromatic rings. The quantitative estimate of drug-likeness (QED) is 0.570. The van der Waals surface area contributed by atoms with Crippen LogP contribution < -0.4 is 11.5 Å². The van der Waals surface area contributed by atoms with Gasteiger partial charge in [0.1, 0.15) is 12.6 Å². The predicted molar refractivity (Wildman–Crippen MR) is 44.7 cm³/mol. The molecular weight excluding hydrogens is 174 g/mol. The summed E-state index contributed by atoms with van der Waals surface area (Å²) in [6.07, 6.45) is -0.441. The fourth-order valence-electron chi connectivity index (χ4n) is 1.10. The van der Waals surface area contributed by atoms with Gasteiger partial charge >= 0.3 is 6.09 Å². The van der Waals surface area contributed by atoms with Crippen LogP contribution in [0.3, 0.4) is 0 Å². The van der Waals surface area contributed by atoms with Crippen LogP contribution in [0.15, 0.2) is 0 Å². The fourth-order valence-corrected chi connectivity index (χ4v) is 1.10. The summed E-state index contributed by atoms with van der Waals surface area (Å²) in [5.74, 6) is -0.619. The zero-order valence-corrected chi connectivity index (χ0v) is 7.40. The Kier molecular flexibility index (Phi) is 2.72. The molecule has 4 N–H and O–H groups in total. The van der Waals surface area contributed by atoms with Crippen molar-refractivity contribution in [3.05, 3.63) is 0 Å². The van der Waals surface area contributed by atoms with Crippen LogP contribution in [0.4, 0.5) is 4.79 Å². The van der Waals surface area contributed by atoms with E-state index in [0.29, 0.717) is 6.61 Å². The monoisotopic (exact) mass is 187 g/mol. The third-order valence-electron chi connectivity index (χ3n) is 1.97. The van der Waals surface area contributed by atoms with Crippen LogP contribution in [0.5, 0.6) is 0 Å². The van der Waals surface area contributed by atoms with E-state index in [2.05, 4.69) is 0 Å². The molecule has 0 bridgehead atoms. The first-order chi connectivity index (χ1) is 6.02. The summed E-state index contributed by atoms with van der Waals surface area (Å²) in [6.45, 7) is 2.28. The second-order valence-corrected chi connectivity index (χ2v) is 3.09. The number of hydrogen-bond acceptors (Lipinski definition) is 4. The summed E-state index contributed by atoms with van der Waals surface area (Å²) in [7, 11) is 0. The van der Waals surface area contributed by atoms with Gasteiger partial charge in [-0.05, 0) is 6.92 Å². The van der Waals surface area contributed by atoms with E-state index in [1.807, 2.05) is 6.92 Å². The number of nitrogens with two attached hydrogens (primary N) is 2. The Morgan fingerprint density at radius 3 is 2.85 bits per heavy atom. The summed E-state index contributed by atoms with van der Waals surface area (Å²) >= 11 is 0. The molecule has 0 saturated carbocycles. The number of carbonyl (C=O) groups excluding carboxylic acids is 2. The van der Waals surface area contributed by atoms with E-state index in [0.717, 1.165) is 0 Å². The first-order valence-electron chi connectivity index (χ1n) is 4.00. The van der Waals surface area contributed by atoms with E-state index in [1.54, 1.807) is 0 Å². The second-order valence-electron chi connectivity index (χ2n) is 3.09. The first kappa shape index (κ1) is 9.79. The number of primary amides is 1. The van der Waals surface area contributed by atoms with Crippen molar-refractivity contribution < 1.29 is 14.3 Å². The maximum Gasteiger partial charge on any atom is 0.410 e. The maximum absolute atomic E-state index is 11.0. The summed E-state index contributed by atoms with van der Waals surface area (Å²) in [5, 5.41) is 0. The van der Waals surface area contributed by atoms with E-state index < -0.39 is 18.0 Å². The molecule has 1 saturated heterocycles. The van der Waals surface area contributed by atoms with Crippen LogP contribution in [0.1, 0.15) is 6.92 Å². The standard InChI is InChI=1S/C7H13N3O3/c1-4-3-13-7(12)10(4)2-5(8)6(9)11/h4-5H,2-3,8H2,1H3,(H2,9,11). The average molecular weight is 187 g/mol. The average Bonchev–Trinajstić information content (AvgIpc) is 2.35. The Labute approximate surface area is 75.8 Å². The van der Waals surface area contributed by atoms with Gasteiger partial charge in [-0.2, -0.15) is 0 Å². The van der Waals surface area contributed by atoms with Crippen molar-refractivity contribution in [2.75, 3.05) is 13.2 Å². The summed E-state index contributed by atoms with van der Waals surface area (Å²) in [6, 6.07) is -0.869. The van der Waals surface area contributed by atoms with Gasteiger partial charge < -0.3 is 16.2 Å². The lowest BCUT2D eigenvalue weighted by atomic mass is 10.2. The molecule has 1 aliphatic heterocycles. The number of carbonyl (C=O) groups is 2. The zero-order valence-electron chi connectivity index (χ0n) is 7.40. The zero-order chi connectivity index (χ0) is 10.0. The Hall–Kier alpha value is -1.30. The predicted octanol–water partition coefficient (Wildman–Crippen LogP) is -1.36. The van der Waals surface area contributed by atoms with E-state index in [1.165, 1.54) is 4.90 Å². The molecule has 0 spiro atoms. The van der Waals surface area contributed by atoms with Crippen molar-refractivity contribution in [2.45, 2.75) is 19.0 Å². The molecule has 74 valence electrons. The lowest BCUT2D eigenvalue weighted by Gasteiger charge is -2.20. The minimum atomic E-state index is -0.826. The molecule has 1 fully saturated rings. The summed E-state index contributed by atoms with van der Waals surface area (Å²) in [5.41, 5.74) is 10.4. The molecule has 13 heavy (non-hydrogen) atoms. The van der Waals surface area contributed by atoms with E-state index in [4.69, 9.17) is 16.2 Å². The number of amides is 2. The number of ether oxygens (including phenoxy) is 1. The van der Waals surface area contributed by atoms with Crippen molar-refractivity contribution in [2.24, 2.45) is 11.5 Å². The third kappa shape index (κ3) is 2.09. The van der Waals surface area contributed by atoms with Crippen molar-refractivity contribution in [1.29, 1.82) is 0 Å². The molecule has 2 atom stereocenters. The minimum Gasteiger partial charge on any atom is -0.447 e. The smallest absolute Gasteiger partial charge is 0.410 e. The molecule has 2 unspecified atom stereocenters. The van der Waals surface area contributed by atoms with Gasteiger partial charge in [0.25, 0.3) is 0 Å². The van der Waals surface area contributed by atoms with E-state index in [9.17, 15) is 9.59 Å². The first-order valence-corrected chi connectivity index (χ1v) is 4.00. The maximum atomic E-state index is 11.0. The van der Waals surface area contributed by atoms with Crippen LogP contribution >= 0.6 is 0 Å². The Bertz CT molecular complexity index is 231. The van der Waals surface area contributed by atoms with Crippen molar-refractivity contribution in [3.8, 4) is 0 Å². The Morgan fingerprint density at radius 1 is 1.85 bits per heavy atom.